The largest absolute Gasteiger partial charge is 0.334 e. The van der Waals surface area contributed by atoms with E-state index >= 15 is 0 Å². The Balaban J connectivity index is 1.53. The van der Waals surface area contributed by atoms with Crippen LogP contribution in [0.2, 0.25) is 5.02 Å². The number of nitrogens with zero attached hydrogens (tertiary/aromatic N) is 3. The van der Waals surface area contributed by atoms with Gasteiger partial charge in [0.2, 0.25) is 0 Å². The highest BCUT2D eigenvalue weighted by molar-refractivity contribution is 8.19. The first-order chi connectivity index (χ1) is 17.4. The molecule has 3 aromatic carbocycles. The van der Waals surface area contributed by atoms with E-state index in [1.807, 2.05) is 48.5 Å². The quantitative estimate of drug-likeness (QED) is 0.249. The Hall–Kier alpha value is -3.00. The van der Waals surface area contributed by atoms with E-state index in [4.69, 9.17) is 16.6 Å². The van der Waals surface area contributed by atoms with E-state index in [2.05, 4.69) is 24.0 Å². The Bertz CT molecular complexity index is 1400. The number of benzene rings is 3. The first-order valence-corrected chi connectivity index (χ1v) is 13.7. The summed E-state index contributed by atoms with van der Waals surface area (Å²) in [5.74, 6) is -0.0782. The monoisotopic (exact) mass is 533 g/mol. The second-order valence-electron chi connectivity index (χ2n) is 8.39. The summed E-state index contributed by atoms with van der Waals surface area (Å²) in [6.07, 6.45) is 0.711. The average molecular weight is 534 g/mol. The highest BCUT2D eigenvalue weighted by Gasteiger charge is 2.39. The number of amidine groups is 1. The number of fused-ring (bicyclic) bond motifs is 1. The number of halogens is 1. The van der Waals surface area contributed by atoms with Crippen LogP contribution >= 0.6 is 35.1 Å². The fourth-order valence-electron chi connectivity index (χ4n) is 4.14. The number of carbonyl (C=O) groups is 2. The minimum absolute atomic E-state index is 0.0201. The van der Waals surface area contributed by atoms with Gasteiger partial charge in [-0.15, -0.1) is 0 Å². The fourth-order valence-corrected chi connectivity index (χ4v) is 6.71. The molecule has 5 rings (SSSR count). The van der Waals surface area contributed by atoms with Crippen LogP contribution in [0.3, 0.4) is 0 Å². The van der Waals surface area contributed by atoms with Crippen molar-refractivity contribution in [1.82, 2.24) is 4.90 Å². The Morgan fingerprint density at radius 1 is 0.972 bits per heavy atom. The maximum atomic E-state index is 13.8. The molecule has 1 saturated heterocycles. The molecule has 1 fully saturated rings. The molecule has 2 aliphatic heterocycles. The van der Waals surface area contributed by atoms with Gasteiger partial charge in [-0.25, -0.2) is 4.99 Å². The summed E-state index contributed by atoms with van der Waals surface area (Å²) in [6.45, 7) is 4.82. The lowest BCUT2D eigenvalue weighted by atomic mass is 10.1. The van der Waals surface area contributed by atoms with Crippen LogP contribution in [0.4, 0.5) is 11.4 Å². The lowest BCUT2D eigenvalue weighted by Crippen LogP contribution is -2.32. The van der Waals surface area contributed by atoms with Gasteiger partial charge in [0.05, 0.1) is 11.4 Å². The molecule has 1 amide bonds. The molecule has 182 valence electrons. The SMILES string of the molecule is CCN1/C(=C2/SC(=Nc3cccc(C(C)=O)c3)N(CCc3ccccc3)C2=O)Sc2ccc(Cl)cc21. The molecular formula is C28H24ClN3O2S2. The van der Waals surface area contributed by atoms with Gasteiger partial charge in [0.15, 0.2) is 11.0 Å². The molecule has 3 aromatic rings. The van der Waals surface area contributed by atoms with Crippen LogP contribution in [-0.2, 0) is 11.2 Å². The minimum atomic E-state index is -0.0581. The summed E-state index contributed by atoms with van der Waals surface area (Å²) >= 11 is 9.25. The van der Waals surface area contributed by atoms with Crippen molar-refractivity contribution in [1.29, 1.82) is 0 Å². The van der Waals surface area contributed by atoms with Crippen molar-refractivity contribution in [2.75, 3.05) is 18.0 Å². The van der Waals surface area contributed by atoms with Crippen LogP contribution in [0.15, 0.2) is 92.6 Å². The Morgan fingerprint density at radius 3 is 2.53 bits per heavy atom. The highest BCUT2D eigenvalue weighted by atomic mass is 35.5. The first-order valence-electron chi connectivity index (χ1n) is 11.7. The molecule has 2 aliphatic rings. The summed E-state index contributed by atoms with van der Waals surface area (Å²) in [7, 11) is 0. The number of carbonyl (C=O) groups excluding carboxylic acids is 2. The molecule has 0 unspecified atom stereocenters. The second-order valence-corrected chi connectivity index (χ2v) is 10.8. The predicted octanol–water partition coefficient (Wildman–Crippen LogP) is 7.15. The van der Waals surface area contributed by atoms with Crippen LogP contribution in [0.25, 0.3) is 0 Å². The molecular weight excluding hydrogens is 510 g/mol. The van der Waals surface area contributed by atoms with Gasteiger partial charge in [-0.2, -0.15) is 0 Å². The second kappa shape index (κ2) is 10.5. The lowest BCUT2D eigenvalue weighted by molar-refractivity contribution is -0.122. The van der Waals surface area contributed by atoms with Gasteiger partial charge in [-0.05, 0) is 67.9 Å². The number of Topliss-reactive ketones (excluding diaryl/α,β-unsaturated/α-hetero) is 1. The summed E-state index contributed by atoms with van der Waals surface area (Å²) < 4.78 is 0. The van der Waals surface area contributed by atoms with Crippen LogP contribution in [0, 0.1) is 0 Å². The first kappa shape index (κ1) is 24.7. The van der Waals surface area contributed by atoms with Crippen LogP contribution in [0.1, 0.15) is 29.8 Å². The molecule has 36 heavy (non-hydrogen) atoms. The molecule has 8 heteroatoms. The topological polar surface area (TPSA) is 53.0 Å². The van der Waals surface area contributed by atoms with Crippen LogP contribution in [-0.4, -0.2) is 34.8 Å². The summed E-state index contributed by atoms with van der Waals surface area (Å²) in [5, 5.41) is 2.18. The van der Waals surface area contributed by atoms with Crippen molar-refractivity contribution in [3.05, 3.63) is 98.9 Å². The summed E-state index contributed by atoms with van der Waals surface area (Å²) in [5.41, 5.74) is 3.41. The average Bonchev–Trinajstić information content (AvgIpc) is 3.39. The third kappa shape index (κ3) is 4.96. The minimum Gasteiger partial charge on any atom is -0.334 e. The van der Waals surface area contributed by atoms with Crippen molar-refractivity contribution < 1.29 is 9.59 Å². The van der Waals surface area contributed by atoms with Crippen molar-refractivity contribution in [2.45, 2.75) is 25.2 Å². The number of aliphatic imine (C=N–C) groups is 1. The normalized spacial score (nSPS) is 18.3. The summed E-state index contributed by atoms with van der Waals surface area (Å²) in [4.78, 5) is 36.2. The number of rotatable bonds is 6. The smallest absolute Gasteiger partial charge is 0.269 e. The van der Waals surface area contributed by atoms with Crippen molar-refractivity contribution >= 4 is 63.4 Å². The maximum absolute atomic E-state index is 13.8. The van der Waals surface area contributed by atoms with Gasteiger partial charge in [-0.3, -0.25) is 14.5 Å². The molecule has 0 aromatic heterocycles. The van der Waals surface area contributed by atoms with Gasteiger partial charge >= 0.3 is 0 Å². The van der Waals surface area contributed by atoms with E-state index in [1.54, 1.807) is 28.8 Å². The van der Waals surface area contributed by atoms with Crippen molar-refractivity contribution in [3.63, 3.8) is 0 Å². The maximum Gasteiger partial charge on any atom is 0.269 e. The van der Waals surface area contributed by atoms with Gasteiger partial charge in [-0.1, -0.05) is 65.8 Å². The highest BCUT2D eigenvalue weighted by Crippen LogP contribution is 2.51. The number of hydrogen-bond donors (Lipinski definition) is 0. The zero-order chi connectivity index (χ0) is 25.2. The number of thioether (sulfide) groups is 2. The van der Waals surface area contributed by atoms with E-state index in [9.17, 15) is 9.59 Å². The fraction of sp³-hybridized carbons (Fsp3) is 0.179. The predicted molar refractivity (Wildman–Crippen MR) is 150 cm³/mol. The zero-order valence-electron chi connectivity index (χ0n) is 19.9. The molecule has 0 aliphatic carbocycles. The van der Waals surface area contributed by atoms with E-state index < -0.39 is 0 Å². The van der Waals surface area contributed by atoms with E-state index in [-0.39, 0.29) is 11.7 Å². The molecule has 2 heterocycles. The van der Waals surface area contributed by atoms with E-state index in [0.717, 1.165) is 21.2 Å². The van der Waals surface area contributed by atoms with Gasteiger partial charge in [0, 0.05) is 28.6 Å². The molecule has 5 nitrogen and oxygen atoms in total. The molecule has 0 radical (unpaired) electrons. The number of hydrogen-bond acceptors (Lipinski definition) is 6. The summed E-state index contributed by atoms with van der Waals surface area (Å²) in [6, 6.07) is 23.1. The van der Waals surface area contributed by atoms with Crippen molar-refractivity contribution in [2.24, 2.45) is 4.99 Å². The third-order valence-electron chi connectivity index (χ3n) is 5.98. The molecule has 0 bridgehead atoms. The Kier molecular flexibility index (Phi) is 7.23. The van der Waals surface area contributed by atoms with Crippen LogP contribution in [0.5, 0.6) is 0 Å². The molecule has 0 saturated carbocycles. The van der Waals surface area contributed by atoms with Gasteiger partial charge in [0.25, 0.3) is 5.91 Å². The number of amides is 1. The van der Waals surface area contributed by atoms with E-state index in [0.29, 0.717) is 45.9 Å². The molecule has 0 spiro atoms. The van der Waals surface area contributed by atoms with Crippen molar-refractivity contribution in [3.8, 4) is 0 Å². The molecule has 0 N–H and O–H groups in total. The number of ketones is 1. The van der Waals surface area contributed by atoms with Crippen LogP contribution < -0.4 is 4.90 Å². The Labute approximate surface area is 224 Å². The van der Waals surface area contributed by atoms with Gasteiger partial charge in [0.1, 0.15) is 9.93 Å². The third-order valence-corrected chi connectivity index (χ3v) is 8.60. The number of anilines is 1. The molecule has 0 atom stereocenters. The Morgan fingerprint density at radius 2 is 1.78 bits per heavy atom. The standard InChI is InChI=1S/C28H24ClN3O2S2/c1-3-31-23-17-21(29)12-13-24(23)35-27(31)25-26(34)32(15-14-19-8-5-4-6-9-19)28(36-25)30-22-11-7-10-20(16-22)18(2)33/h4-13,16-17H,3,14-15H2,1-2H3/b27-25-,30-28?. The lowest BCUT2D eigenvalue weighted by Gasteiger charge is -2.19. The van der Waals surface area contributed by atoms with E-state index in [1.165, 1.54) is 18.7 Å². The zero-order valence-corrected chi connectivity index (χ0v) is 22.3. The van der Waals surface area contributed by atoms with Gasteiger partial charge < -0.3 is 4.90 Å².